The first-order valence-corrected chi connectivity index (χ1v) is 9.98. The van der Waals surface area contributed by atoms with Crippen molar-refractivity contribution in [2.75, 3.05) is 6.54 Å². The van der Waals surface area contributed by atoms with Crippen molar-refractivity contribution in [2.45, 2.75) is 86.6 Å². The number of nitrogens with zero attached hydrogens (tertiary/aromatic N) is 2. The third-order valence-electron chi connectivity index (χ3n) is 5.02. The Morgan fingerprint density at radius 1 is 0.964 bits per heavy atom. The van der Waals surface area contributed by atoms with Gasteiger partial charge in [0.15, 0.2) is 0 Å². The first-order valence-electron chi connectivity index (χ1n) is 9.98. The molecule has 2 unspecified atom stereocenters. The molecule has 8 nitrogen and oxygen atoms in total. The quantitative estimate of drug-likeness (QED) is 0.373. The molecule has 0 aliphatic heterocycles. The molecule has 0 bridgehead atoms. The van der Waals surface area contributed by atoms with Gasteiger partial charge >= 0.3 is 12.2 Å². The molecule has 1 rings (SSSR count). The molecule has 28 heavy (non-hydrogen) atoms. The van der Waals surface area contributed by atoms with Gasteiger partial charge in [-0.2, -0.15) is 0 Å². The lowest BCUT2D eigenvalue weighted by molar-refractivity contribution is 0.0629. The van der Waals surface area contributed by atoms with Gasteiger partial charge in [0, 0.05) is 12.6 Å². The number of carbonyl (C=O) groups is 2. The fraction of sp³-hybridized carbons (Fsp3) is 0.800. The highest BCUT2D eigenvalue weighted by atomic mass is 16.7. The molecule has 0 saturated heterocycles. The molecule has 0 radical (unpaired) electrons. The van der Waals surface area contributed by atoms with E-state index >= 15 is 0 Å². The molecule has 0 spiro atoms. The summed E-state index contributed by atoms with van der Waals surface area (Å²) in [4.78, 5) is 33.8. The second-order valence-corrected chi connectivity index (χ2v) is 8.87. The molecule has 0 aromatic rings. The van der Waals surface area contributed by atoms with Gasteiger partial charge in [0.05, 0.1) is 11.4 Å². The van der Waals surface area contributed by atoms with E-state index in [0.29, 0.717) is 6.54 Å². The summed E-state index contributed by atoms with van der Waals surface area (Å²) in [6.07, 6.45) is 2.81. The van der Waals surface area contributed by atoms with Gasteiger partial charge in [-0.25, -0.2) is 9.59 Å². The number of hydrogen-bond donors (Lipinski definition) is 2. The van der Waals surface area contributed by atoms with Crippen LogP contribution in [0.4, 0.5) is 9.59 Å². The number of oxime groups is 2. The normalized spacial score (nSPS) is 25.0. The van der Waals surface area contributed by atoms with Crippen LogP contribution in [0.15, 0.2) is 10.3 Å². The zero-order chi connectivity index (χ0) is 21.4. The van der Waals surface area contributed by atoms with Crippen molar-refractivity contribution in [3.8, 4) is 0 Å². The molecule has 1 aliphatic carbocycles. The van der Waals surface area contributed by atoms with E-state index in [1.54, 1.807) is 6.92 Å². The highest BCUT2D eigenvalue weighted by Gasteiger charge is 2.42. The summed E-state index contributed by atoms with van der Waals surface area (Å²) >= 11 is 0. The van der Waals surface area contributed by atoms with E-state index < -0.39 is 12.2 Å². The number of hydrogen-bond acceptors (Lipinski definition) is 6. The summed E-state index contributed by atoms with van der Waals surface area (Å²) in [6.45, 7) is 14.4. The molecule has 0 heterocycles. The van der Waals surface area contributed by atoms with Gasteiger partial charge in [-0.3, -0.25) is 9.68 Å². The van der Waals surface area contributed by atoms with Crippen molar-refractivity contribution >= 4 is 23.6 Å². The topological polar surface area (TPSA) is 101 Å². The Balaban J connectivity index is 2.65. The van der Waals surface area contributed by atoms with Crippen LogP contribution in [0.25, 0.3) is 0 Å². The molecule has 2 N–H and O–H groups in total. The molecule has 1 saturated carbocycles. The zero-order valence-corrected chi connectivity index (χ0v) is 18.3. The SMILES string of the molecule is CC/C(C)=N\OC(=O)NCC1(C)CC(NC(=O)O/N=C(\C)CC)CC(C)(C)C1. The van der Waals surface area contributed by atoms with Crippen LogP contribution in [-0.4, -0.2) is 36.2 Å². The van der Waals surface area contributed by atoms with Gasteiger partial charge in [0.25, 0.3) is 0 Å². The van der Waals surface area contributed by atoms with Gasteiger partial charge in [-0.15, -0.1) is 0 Å². The minimum atomic E-state index is -0.564. The van der Waals surface area contributed by atoms with E-state index in [1.165, 1.54) is 0 Å². The van der Waals surface area contributed by atoms with Crippen molar-refractivity contribution in [3.63, 3.8) is 0 Å². The van der Waals surface area contributed by atoms with Crippen LogP contribution >= 0.6 is 0 Å². The maximum Gasteiger partial charge on any atom is 0.433 e. The van der Waals surface area contributed by atoms with Crippen molar-refractivity contribution < 1.29 is 19.3 Å². The van der Waals surface area contributed by atoms with Crippen LogP contribution in [0.5, 0.6) is 0 Å². The zero-order valence-electron chi connectivity index (χ0n) is 18.3. The van der Waals surface area contributed by atoms with Gasteiger partial charge in [-0.05, 0) is 56.8 Å². The van der Waals surface area contributed by atoms with E-state index in [-0.39, 0.29) is 16.9 Å². The van der Waals surface area contributed by atoms with E-state index in [1.807, 2.05) is 20.8 Å². The second kappa shape index (κ2) is 10.4. The lowest BCUT2D eigenvalue weighted by Crippen LogP contribution is -2.50. The highest BCUT2D eigenvalue weighted by molar-refractivity contribution is 5.82. The summed E-state index contributed by atoms with van der Waals surface area (Å²) in [5, 5.41) is 13.3. The second-order valence-electron chi connectivity index (χ2n) is 8.87. The van der Waals surface area contributed by atoms with Crippen LogP contribution in [0, 0.1) is 10.8 Å². The van der Waals surface area contributed by atoms with E-state index in [4.69, 9.17) is 9.68 Å². The van der Waals surface area contributed by atoms with Crippen LogP contribution in [0.3, 0.4) is 0 Å². The molecule has 0 aromatic carbocycles. The number of carbonyl (C=O) groups excluding carboxylic acids is 2. The summed E-state index contributed by atoms with van der Waals surface area (Å²) < 4.78 is 0. The Labute approximate surface area is 168 Å². The average Bonchev–Trinajstić information content (AvgIpc) is 2.60. The molecule has 1 aliphatic rings. The third-order valence-corrected chi connectivity index (χ3v) is 5.02. The Kier molecular flexibility index (Phi) is 8.91. The molecular formula is C20H36N4O4. The van der Waals surface area contributed by atoms with Crippen LogP contribution < -0.4 is 10.6 Å². The summed E-state index contributed by atoms with van der Waals surface area (Å²) in [5.41, 5.74) is 1.33. The minimum Gasteiger partial charge on any atom is -0.319 e. The Morgan fingerprint density at radius 2 is 1.50 bits per heavy atom. The van der Waals surface area contributed by atoms with Crippen LogP contribution in [-0.2, 0) is 9.68 Å². The van der Waals surface area contributed by atoms with Crippen molar-refractivity contribution in [3.05, 3.63) is 0 Å². The molecule has 8 heteroatoms. The monoisotopic (exact) mass is 396 g/mol. The summed E-state index contributed by atoms with van der Waals surface area (Å²) in [7, 11) is 0. The maximum absolute atomic E-state index is 12.1. The van der Waals surface area contributed by atoms with E-state index in [9.17, 15) is 9.59 Å². The predicted octanol–water partition coefficient (Wildman–Crippen LogP) is 4.60. The fourth-order valence-corrected chi connectivity index (χ4v) is 3.75. The van der Waals surface area contributed by atoms with E-state index in [0.717, 1.165) is 43.5 Å². The summed E-state index contributed by atoms with van der Waals surface area (Å²) in [6, 6.07) is -0.0587. The van der Waals surface area contributed by atoms with Gasteiger partial charge in [-0.1, -0.05) is 44.9 Å². The van der Waals surface area contributed by atoms with Gasteiger partial charge in [0.1, 0.15) is 0 Å². The van der Waals surface area contributed by atoms with Crippen molar-refractivity contribution in [2.24, 2.45) is 21.1 Å². The lowest BCUT2D eigenvalue weighted by atomic mass is 9.62. The Morgan fingerprint density at radius 3 is 2.04 bits per heavy atom. The summed E-state index contributed by atoms with van der Waals surface area (Å²) in [5.74, 6) is 0. The standard InChI is InChI=1S/C20H36N4O4/c1-8-14(3)23-27-17(25)21-13-20(7)11-16(10-19(5,6)12-20)22-18(26)28-24-15(4)9-2/h16H,8-13H2,1-7H3,(H,21,25)(H,22,26)/b23-14-,24-15+. The highest BCUT2D eigenvalue weighted by Crippen LogP contribution is 2.45. The Hall–Kier alpha value is -2.12. The predicted molar refractivity (Wildman–Crippen MR) is 110 cm³/mol. The Bertz CT molecular complexity index is 615. The van der Waals surface area contributed by atoms with Crippen molar-refractivity contribution in [1.29, 1.82) is 0 Å². The first kappa shape index (κ1) is 23.9. The number of amides is 2. The van der Waals surface area contributed by atoms with Gasteiger partial charge in [0.2, 0.25) is 0 Å². The third kappa shape index (κ3) is 8.71. The maximum atomic E-state index is 12.1. The molecule has 160 valence electrons. The largest absolute Gasteiger partial charge is 0.433 e. The molecular weight excluding hydrogens is 360 g/mol. The first-order chi connectivity index (χ1) is 13.0. The molecule has 2 amide bonds. The van der Waals surface area contributed by atoms with Crippen LogP contribution in [0.2, 0.25) is 0 Å². The number of rotatable bonds is 7. The van der Waals surface area contributed by atoms with E-state index in [2.05, 4.69) is 41.7 Å². The van der Waals surface area contributed by atoms with Crippen LogP contribution in [0.1, 0.15) is 80.6 Å². The number of nitrogens with one attached hydrogen (secondary N) is 2. The lowest BCUT2D eigenvalue weighted by Gasteiger charge is -2.46. The molecule has 2 atom stereocenters. The average molecular weight is 397 g/mol. The van der Waals surface area contributed by atoms with Gasteiger partial charge < -0.3 is 10.6 Å². The fourth-order valence-electron chi connectivity index (χ4n) is 3.75. The molecule has 0 aromatic heterocycles. The van der Waals surface area contributed by atoms with Crippen molar-refractivity contribution in [1.82, 2.24) is 10.6 Å². The molecule has 1 fully saturated rings. The smallest absolute Gasteiger partial charge is 0.319 e. The minimum absolute atomic E-state index is 0.0100.